The van der Waals surface area contributed by atoms with Gasteiger partial charge < -0.3 is 19.4 Å². The number of nitrogens with one attached hydrogen (secondary N) is 1. The Morgan fingerprint density at radius 3 is 2.23 bits per heavy atom. The molecule has 4 rings (SSSR count). The van der Waals surface area contributed by atoms with E-state index in [-0.39, 0.29) is 11.8 Å². The summed E-state index contributed by atoms with van der Waals surface area (Å²) in [4.78, 5) is 30.9. The highest BCUT2D eigenvalue weighted by molar-refractivity contribution is 5.98. The van der Waals surface area contributed by atoms with Crippen LogP contribution in [0.25, 0.3) is 10.8 Å². The lowest BCUT2D eigenvalue weighted by Gasteiger charge is -2.33. The maximum atomic E-state index is 13.0. The van der Waals surface area contributed by atoms with Crippen molar-refractivity contribution < 1.29 is 19.2 Å². The number of quaternary nitrogens is 1. The molecule has 0 saturated carbocycles. The van der Waals surface area contributed by atoms with E-state index in [9.17, 15) is 9.59 Å². The zero-order valence-electron chi connectivity index (χ0n) is 17.9. The minimum Gasteiger partial charge on any atom is -0.497 e. The van der Waals surface area contributed by atoms with E-state index in [1.807, 2.05) is 46.2 Å². The third-order valence-electron chi connectivity index (χ3n) is 6.41. The molecule has 160 valence electrons. The second-order valence-electron chi connectivity index (χ2n) is 8.44. The molecule has 0 aliphatic carbocycles. The van der Waals surface area contributed by atoms with E-state index >= 15 is 0 Å². The van der Waals surface area contributed by atoms with E-state index in [1.165, 1.54) is 17.7 Å². The highest BCUT2D eigenvalue weighted by Crippen LogP contribution is 2.22. The van der Waals surface area contributed by atoms with Crippen LogP contribution < -0.4 is 9.64 Å². The van der Waals surface area contributed by atoms with Crippen LogP contribution in [0.1, 0.15) is 36.0 Å². The van der Waals surface area contributed by atoms with Gasteiger partial charge in [0, 0.05) is 18.7 Å². The van der Waals surface area contributed by atoms with Crippen LogP contribution >= 0.6 is 0 Å². The van der Waals surface area contributed by atoms with E-state index in [0.29, 0.717) is 19.6 Å². The zero-order chi connectivity index (χ0) is 20.9. The van der Waals surface area contributed by atoms with Crippen LogP contribution in [0, 0.1) is 0 Å². The summed E-state index contributed by atoms with van der Waals surface area (Å²) in [5.41, 5.74) is 0.719. The molecule has 2 aromatic rings. The molecule has 2 heterocycles. The van der Waals surface area contributed by atoms with Crippen LogP contribution in [-0.4, -0.2) is 74.5 Å². The molecule has 1 N–H and O–H groups in total. The van der Waals surface area contributed by atoms with E-state index in [0.717, 1.165) is 61.1 Å². The van der Waals surface area contributed by atoms with Gasteiger partial charge in [0.2, 0.25) is 0 Å². The first-order valence-corrected chi connectivity index (χ1v) is 11.1. The van der Waals surface area contributed by atoms with Gasteiger partial charge in [-0.05, 0) is 47.9 Å². The predicted octanol–water partition coefficient (Wildman–Crippen LogP) is 1.59. The first-order chi connectivity index (χ1) is 14.6. The number of carbonyl (C=O) groups is 2. The van der Waals surface area contributed by atoms with Crippen LogP contribution in [0.4, 0.5) is 0 Å². The monoisotopic (exact) mass is 410 g/mol. The van der Waals surface area contributed by atoms with Gasteiger partial charge in [0.15, 0.2) is 6.54 Å². The van der Waals surface area contributed by atoms with Crippen molar-refractivity contribution in [2.45, 2.75) is 25.7 Å². The summed E-state index contributed by atoms with van der Waals surface area (Å²) in [5.74, 6) is 1.16. The molecule has 0 spiro atoms. The Morgan fingerprint density at radius 1 is 0.867 bits per heavy atom. The van der Waals surface area contributed by atoms with Crippen LogP contribution in [0.2, 0.25) is 0 Å². The van der Waals surface area contributed by atoms with Crippen molar-refractivity contribution in [2.24, 2.45) is 0 Å². The van der Waals surface area contributed by atoms with E-state index in [1.54, 1.807) is 7.11 Å². The third-order valence-corrected chi connectivity index (χ3v) is 6.41. The summed E-state index contributed by atoms with van der Waals surface area (Å²) in [7, 11) is 1.65. The first-order valence-electron chi connectivity index (χ1n) is 11.1. The van der Waals surface area contributed by atoms with Crippen molar-refractivity contribution in [1.29, 1.82) is 0 Å². The summed E-state index contributed by atoms with van der Waals surface area (Å²) in [6, 6.07) is 11.7. The minimum atomic E-state index is 0.0746. The summed E-state index contributed by atoms with van der Waals surface area (Å²) in [6.07, 6.45) is 4.73. The summed E-state index contributed by atoms with van der Waals surface area (Å²) in [5, 5.41) is 2.10. The summed E-state index contributed by atoms with van der Waals surface area (Å²) < 4.78 is 5.27. The maximum Gasteiger partial charge on any atom is 0.277 e. The fourth-order valence-electron chi connectivity index (χ4n) is 4.51. The van der Waals surface area contributed by atoms with Crippen LogP contribution in [0.15, 0.2) is 36.4 Å². The Balaban J connectivity index is 1.32. The largest absolute Gasteiger partial charge is 0.497 e. The number of carbonyl (C=O) groups excluding carboxylic acids is 2. The van der Waals surface area contributed by atoms with Gasteiger partial charge in [-0.1, -0.05) is 25.0 Å². The van der Waals surface area contributed by atoms with E-state index < -0.39 is 0 Å². The number of fused-ring (bicyclic) bond motifs is 1. The molecule has 2 aliphatic rings. The van der Waals surface area contributed by atoms with Crippen molar-refractivity contribution in [1.82, 2.24) is 9.80 Å². The second-order valence-corrected chi connectivity index (χ2v) is 8.44. The molecule has 30 heavy (non-hydrogen) atoms. The fraction of sp³-hybridized carbons (Fsp3) is 0.500. The topological polar surface area (TPSA) is 54.3 Å². The number of amides is 2. The van der Waals surface area contributed by atoms with Crippen LogP contribution in [-0.2, 0) is 4.79 Å². The minimum absolute atomic E-state index is 0.0746. The molecule has 0 atom stereocenters. The Bertz CT molecular complexity index is 898. The number of hydrogen-bond acceptors (Lipinski definition) is 3. The van der Waals surface area contributed by atoms with Crippen LogP contribution in [0.3, 0.4) is 0 Å². The lowest BCUT2D eigenvalue weighted by molar-refractivity contribution is -0.896. The van der Waals surface area contributed by atoms with Gasteiger partial charge in [0.05, 0.1) is 33.3 Å². The lowest BCUT2D eigenvalue weighted by atomic mass is 10.1. The molecule has 2 aliphatic heterocycles. The quantitative estimate of drug-likeness (QED) is 0.833. The Kier molecular flexibility index (Phi) is 6.53. The average molecular weight is 411 g/mol. The van der Waals surface area contributed by atoms with Gasteiger partial charge in [0.1, 0.15) is 5.75 Å². The van der Waals surface area contributed by atoms with Gasteiger partial charge in [0.25, 0.3) is 11.8 Å². The number of ether oxygens (including phenoxy) is 1. The van der Waals surface area contributed by atoms with Gasteiger partial charge in [-0.15, -0.1) is 0 Å². The Labute approximate surface area is 178 Å². The van der Waals surface area contributed by atoms with Crippen molar-refractivity contribution in [3.05, 3.63) is 42.0 Å². The van der Waals surface area contributed by atoms with Gasteiger partial charge in [-0.2, -0.15) is 0 Å². The highest BCUT2D eigenvalue weighted by atomic mass is 16.5. The molecular formula is C24H32N3O3+. The molecule has 0 unspecified atom stereocenters. The van der Waals surface area contributed by atoms with Crippen molar-refractivity contribution >= 4 is 22.6 Å². The molecular weight excluding hydrogens is 378 g/mol. The molecule has 2 aromatic carbocycles. The maximum absolute atomic E-state index is 13.0. The number of nitrogens with zero attached hydrogens (tertiary/aromatic N) is 2. The van der Waals surface area contributed by atoms with Crippen molar-refractivity contribution in [3.8, 4) is 5.75 Å². The molecule has 6 heteroatoms. The Hall–Kier alpha value is -2.60. The zero-order valence-corrected chi connectivity index (χ0v) is 17.9. The molecule has 2 saturated heterocycles. The van der Waals surface area contributed by atoms with Crippen molar-refractivity contribution in [3.63, 3.8) is 0 Å². The normalized spacial score (nSPS) is 18.3. The Morgan fingerprint density at radius 2 is 1.53 bits per heavy atom. The molecule has 6 nitrogen and oxygen atoms in total. The van der Waals surface area contributed by atoms with Crippen LogP contribution in [0.5, 0.6) is 5.75 Å². The third kappa shape index (κ3) is 4.75. The highest BCUT2D eigenvalue weighted by Gasteiger charge is 2.27. The number of hydrogen-bond donors (Lipinski definition) is 1. The van der Waals surface area contributed by atoms with Gasteiger partial charge in [-0.25, -0.2) is 0 Å². The van der Waals surface area contributed by atoms with E-state index in [4.69, 9.17) is 4.74 Å². The molecule has 0 radical (unpaired) electrons. The number of methoxy groups -OCH3 is 1. The fourth-order valence-corrected chi connectivity index (χ4v) is 4.51. The molecule has 2 amide bonds. The van der Waals surface area contributed by atoms with Crippen molar-refractivity contribution in [2.75, 3.05) is 52.9 Å². The van der Waals surface area contributed by atoms with Gasteiger partial charge >= 0.3 is 0 Å². The first kappa shape index (κ1) is 20.7. The standard InChI is InChI=1S/C24H31N3O3/c1-30-22-9-8-19-16-21(7-6-20(19)17-22)24(29)27-14-12-25(13-15-27)18-23(28)26-10-4-2-3-5-11-26/h6-9,16-17H,2-5,10-15,18H2,1H3/p+1. The van der Waals surface area contributed by atoms with Gasteiger partial charge in [-0.3, -0.25) is 9.59 Å². The number of piperazine rings is 1. The van der Waals surface area contributed by atoms with E-state index in [2.05, 4.69) is 0 Å². The number of likely N-dealkylation sites (tertiary alicyclic amines) is 1. The smallest absolute Gasteiger partial charge is 0.277 e. The summed E-state index contributed by atoms with van der Waals surface area (Å²) >= 11 is 0. The lowest BCUT2D eigenvalue weighted by Crippen LogP contribution is -3.15. The molecule has 0 bridgehead atoms. The summed E-state index contributed by atoms with van der Waals surface area (Å²) in [6.45, 7) is 5.42. The predicted molar refractivity (Wildman–Crippen MR) is 117 cm³/mol. The average Bonchev–Trinajstić information content (AvgIpc) is 3.08. The molecule has 2 fully saturated rings. The molecule has 0 aromatic heterocycles. The number of rotatable bonds is 4. The second kappa shape index (κ2) is 9.47. The SMILES string of the molecule is COc1ccc2cc(C(=O)N3CC[NH+](CC(=O)N4CCCCCC4)CC3)ccc2c1. The number of benzene rings is 2.